The number of aryl methyl sites for hydroxylation is 1. The summed E-state index contributed by atoms with van der Waals surface area (Å²) in [4.78, 5) is 12.6. The molecule has 128 valence electrons. The highest BCUT2D eigenvalue weighted by atomic mass is 32.2. The van der Waals surface area contributed by atoms with Gasteiger partial charge in [-0.2, -0.15) is 13.2 Å². The minimum atomic E-state index is -4.21. The largest absolute Gasteiger partial charge is 0.389 e. The van der Waals surface area contributed by atoms with E-state index >= 15 is 0 Å². The highest BCUT2D eigenvalue weighted by Crippen LogP contribution is 2.26. The summed E-state index contributed by atoms with van der Waals surface area (Å²) in [7, 11) is 0. The average Bonchev–Trinajstić information content (AvgIpc) is 2.94. The molecule has 0 saturated heterocycles. The van der Waals surface area contributed by atoms with Crippen molar-refractivity contribution in [3.8, 4) is 0 Å². The van der Waals surface area contributed by atoms with Crippen LogP contribution in [0.5, 0.6) is 0 Å². The average molecular weight is 356 g/mol. The number of aromatic nitrogens is 4. The Morgan fingerprint density at radius 1 is 1.21 bits per heavy atom. The molecule has 0 atom stereocenters. The molecule has 3 aromatic rings. The summed E-state index contributed by atoms with van der Waals surface area (Å²) in [5.41, 5.74) is 0.434. The molecule has 3 rings (SSSR count). The van der Waals surface area contributed by atoms with Crippen LogP contribution in [0.4, 0.5) is 13.2 Å². The first-order valence-electron chi connectivity index (χ1n) is 7.48. The molecular weight excluding hydrogens is 341 g/mol. The van der Waals surface area contributed by atoms with E-state index in [0.29, 0.717) is 28.4 Å². The molecular formula is C15H15F3N4OS. The fourth-order valence-corrected chi connectivity index (χ4v) is 3.43. The van der Waals surface area contributed by atoms with Crippen LogP contribution in [0.15, 0.2) is 34.2 Å². The van der Waals surface area contributed by atoms with Crippen molar-refractivity contribution in [2.45, 2.75) is 37.6 Å². The van der Waals surface area contributed by atoms with Crippen LogP contribution in [0.25, 0.3) is 16.7 Å². The maximum atomic E-state index is 12.6. The second kappa shape index (κ2) is 6.46. The lowest BCUT2D eigenvalue weighted by molar-refractivity contribution is -0.129. The smallest absolute Gasteiger partial charge is 0.276 e. The second-order valence-corrected chi connectivity index (χ2v) is 6.37. The first-order valence-corrected chi connectivity index (χ1v) is 8.47. The Morgan fingerprint density at radius 3 is 2.67 bits per heavy atom. The van der Waals surface area contributed by atoms with Gasteiger partial charge in [0.1, 0.15) is 0 Å². The van der Waals surface area contributed by atoms with Gasteiger partial charge in [0.2, 0.25) is 5.78 Å². The summed E-state index contributed by atoms with van der Waals surface area (Å²) in [6.45, 7) is 2.41. The van der Waals surface area contributed by atoms with Gasteiger partial charge in [0.25, 0.3) is 5.56 Å². The molecule has 0 aliphatic heterocycles. The Kier molecular flexibility index (Phi) is 4.53. The van der Waals surface area contributed by atoms with Crippen LogP contribution in [0.2, 0.25) is 0 Å². The lowest BCUT2D eigenvalue weighted by atomic mass is 10.2. The van der Waals surface area contributed by atoms with E-state index < -0.39 is 12.6 Å². The van der Waals surface area contributed by atoms with Crippen molar-refractivity contribution in [3.05, 3.63) is 34.6 Å². The predicted octanol–water partition coefficient (Wildman–Crippen LogP) is 3.50. The molecule has 5 nitrogen and oxygen atoms in total. The van der Waals surface area contributed by atoms with Crippen molar-refractivity contribution in [2.24, 2.45) is 0 Å². The molecule has 0 spiro atoms. The number of hydrogen-bond donors (Lipinski definition) is 0. The van der Waals surface area contributed by atoms with E-state index in [9.17, 15) is 18.0 Å². The number of thioether (sulfide) groups is 1. The van der Waals surface area contributed by atoms with Gasteiger partial charge in [0.15, 0.2) is 5.16 Å². The van der Waals surface area contributed by atoms with Crippen molar-refractivity contribution < 1.29 is 13.2 Å². The Hall–Kier alpha value is -2.03. The van der Waals surface area contributed by atoms with Gasteiger partial charge in [-0.3, -0.25) is 13.8 Å². The van der Waals surface area contributed by atoms with E-state index in [2.05, 4.69) is 10.2 Å². The van der Waals surface area contributed by atoms with Gasteiger partial charge in [0.05, 0.1) is 17.3 Å². The lowest BCUT2D eigenvalue weighted by Crippen LogP contribution is -2.23. The third-order valence-corrected chi connectivity index (χ3v) is 4.47. The molecule has 9 heteroatoms. The van der Waals surface area contributed by atoms with Crippen molar-refractivity contribution in [1.29, 1.82) is 0 Å². The third kappa shape index (κ3) is 3.12. The van der Waals surface area contributed by atoms with E-state index in [-0.39, 0.29) is 11.3 Å². The number of fused-ring (bicyclic) bond motifs is 3. The topological polar surface area (TPSA) is 52.2 Å². The highest BCUT2D eigenvalue weighted by molar-refractivity contribution is 7.99. The number of para-hydroxylation sites is 1. The number of nitrogens with zero attached hydrogens (tertiary/aromatic N) is 4. The molecule has 0 aliphatic rings. The SMILES string of the molecule is CCCn1c(=O)c2ccccc2n2c(SCCC(F)(F)F)nnc12. The molecule has 1 aromatic carbocycles. The Bertz CT molecular complexity index is 932. The summed E-state index contributed by atoms with van der Waals surface area (Å²) in [5, 5.41) is 8.89. The minimum Gasteiger partial charge on any atom is -0.276 e. The van der Waals surface area contributed by atoms with Crippen molar-refractivity contribution in [2.75, 3.05) is 5.75 Å². The molecule has 0 bridgehead atoms. The number of halogens is 3. The first-order chi connectivity index (χ1) is 11.4. The Morgan fingerprint density at radius 2 is 1.96 bits per heavy atom. The molecule has 0 fully saturated rings. The van der Waals surface area contributed by atoms with Gasteiger partial charge in [-0.15, -0.1) is 10.2 Å². The normalized spacial score (nSPS) is 12.3. The predicted molar refractivity (Wildman–Crippen MR) is 86.4 cm³/mol. The van der Waals surface area contributed by atoms with Crippen LogP contribution >= 0.6 is 11.8 Å². The summed E-state index contributed by atoms with van der Waals surface area (Å²) < 4.78 is 40.3. The zero-order valence-corrected chi connectivity index (χ0v) is 13.7. The number of rotatable bonds is 5. The van der Waals surface area contributed by atoms with Gasteiger partial charge >= 0.3 is 6.18 Å². The second-order valence-electron chi connectivity index (χ2n) is 5.31. The maximum Gasteiger partial charge on any atom is 0.389 e. The highest BCUT2D eigenvalue weighted by Gasteiger charge is 2.27. The molecule has 0 amide bonds. The van der Waals surface area contributed by atoms with Crippen molar-refractivity contribution in [3.63, 3.8) is 0 Å². The van der Waals surface area contributed by atoms with Gasteiger partial charge in [-0.1, -0.05) is 30.8 Å². The van der Waals surface area contributed by atoms with E-state index in [4.69, 9.17) is 0 Å². The van der Waals surface area contributed by atoms with E-state index in [1.54, 1.807) is 28.7 Å². The van der Waals surface area contributed by atoms with E-state index in [1.807, 2.05) is 6.92 Å². The Labute approximate surface area is 139 Å². The third-order valence-electron chi connectivity index (χ3n) is 3.54. The molecule has 0 saturated carbocycles. The van der Waals surface area contributed by atoms with Crippen LogP contribution in [-0.2, 0) is 6.54 Å². The monoisotopic (exact) mass is 356 g/mol. The van der Waals surface area contributed by atoms with Crippen LogP contribution in [0, 0.1) is 0 Å². The fraction of sp³-hybridized carbons (Fsp3) is 0.400. The van der Waals surface area contributed by atoms with Gasteiger partial charge in [0, 0.05) is 12.3 Å². The first kappa shape index (κ1) is 16.8. The van der Waals surface area contributed by atoms with Crippen LogP contribution in [-0.4, -0.2) is 31.1 Å². The van der Waals surface area contributed by atoms with Gasteiger partial charge < -0.3 is 0 Å². The molecule has 0 N–H and O–H groups in total. The molecule has 0 radical (unpaired) electrons. The lowest BCUT2D eigenvalue weighted by Gasteiger charge is -2.10. The van der Waals surface area contributed by atoms with E-state index in [0.717, 1.165) is 18.2 Å². The summed E-state index contributed by atoms with van der Waals surface area (Å²) in [5.74, 6) is 0.209. The van der Waals surface area contributed by atoms with Crippen LogP contribution in [0.3, 0.4) is 0 Å². The van der Waals surface area contributed by atoms with Gasteiger partial charge in [-0.25, -0.2) is 0 Å². The molecule has 0 unspecified atom stereocenters. The summed E-state index contributed by atoms with van der Waals surface area (Å²) in [6, 6.07) is 6.98. The molecule has 2 aromatic heterocycles. The summed E-state index contributed by atoms with van der Waals surface area (Å²) in [6.07, 6.45) is -4.38. The quantitative estimate of drug-likeness (QED) is 0.657. The zero-order chi connectivity index (χ0) is 17.3. The van der Waals surface area contributed by atoms with Gasteiger partial charge in [-0.05, 0) is 18.6 Å². The van der Waals surface area contributed by atoms with Crippen molar-refractivity contribution >= 4 is 28.4 Å². The van der Waals surface area contributed by atoms with Crippen molar-refractivity contribution in [1.82, 2.24) is 19.2 Å². The minimum absolute atomic E-state index is 0.147. The number of benzene rings is 1. The number of alkyl halides is 3. The molecule has 24 heavy (non-hydrogen) atoms. The summed E-state index contributed by atoms with van der Waals surface area (Å²) >= 11 is 0.985. The van der Waals surface area contributed by atoms with Crippen LogP contribution < -0.4 is 5.56 Å². The number of hydrogen-bond acceptors (Lipinski definition) is 4. The maximum absolute atomic E-state index is 12.6. The molecule has 0 aliphatic carbocycles. The fourth-order valence-electron chi connectivity index (χ4n) is 2.51. The zero-order valence-electron chi connectivity index (χ0n) is 12.9. The van der Waals surface area contributed by atoms with Crippen LogP contribution in [0.1, 0.15) is 19.8 Å². The molecule has 2 heterocycles. The van der Waals surface area contributed by atoms with E-state index in [1.165, 1.54) is 4.57 Å². The Balaban J connectivity index is 2.14. The standard InChI is InChI=1S/C15H15F3N4OS/c1-2-8-21-12(23)10-5-3-4-6-11(10)22-13(21)19-20-14(22)24-9-7-15(16,17)18/h3-6H,2,7-9H2,1H3.